The van der Waals surface area contributed by atoms with Gasteiger partial charge < -0.3 is 0 Å². The lowest BCUT2D eigenvalue weighted by Crippen LogP contribution is -2.30. The summed E-state index contributed by atoms with van der Waals surface area (Å²) in [4.78, 5) is 14.7. The maximum absolute atomic E-state index is 12.5. The van der Waals surface area contributed by atoms with Gasteiger partial charge >= 0.3 is 0 Å². The molecule has 1 fully saturated rings. The van der Waals surface area contributed by atoms with Gasteiger partial charge in [0.2, 0.25) is 0 Å². The molecule has 0 saturated heterocycles. The van der Waals surface area contributed by atoms with Gasteiger partial charge in [0.1, 0.15) is 0 Å². The molecular formula is C18H27NO. The molecule has 1 aromatic carbocycles. The maximum atomic E-state index is 12.5. The third-order valence-electron chi connectivity index (χ3n) is 4.41. The number of hydrogen-bond donors (Lipinski definition) is 0. The molecule has 0 aliphatic heterocycles. The predicted molar refractivity (Wildman–Crippen MR) is 84.4 cm³/mol. The number of aryl methyl sites for hydroxylation is 3. The summed E-state index contributed by atoms with van der Waals surface area (Å²) in [5, 5.41) is 0. The van der Waals surface area contributed by atoms with E-state index in [-0.39, 0.29) is 5.78 Å². The second kappa shape index (κ2) is 6.53. The first kappa shape index (κ1) is 15.2. The molecule has 1 aliphatic carbocycles. The van der Waals surface area contributed by atoms with Gasteiger partial charge in [-0.15, -0.1) is 0 Å². The average molecular weight is 273 g/mol. The molecule has 0 atom stereocenters. The van der Waals surface area contributed by atoms with Crippen LogP contribution in [0.2, 0.25) is 0 Å². The lowest BCUT2D eigenvalue weighted by atomic mass is 9.96. The predicted octanol–water partition coefficient (Wildman–Crippen LogP) is 3.92. The topological polar surface area (TPSA) is 20.3 Å². The second-order valence-electron chi connectivity index (χ2n) is 6.54. The Morgan fingerprint density at radius 2 is 1.70 bits per heavy atom. The number of Topliss-reactive ketones (excluding diaryl/α,β-unsaturated/α-hetero) is 1. The van der Waals surface area contributed by atoms with Crippen molar-refractivity contribution in [3.63, 3.8) is 0 Å². The Bertz CT molecular complexity index is 463. The fourth-order valence-corrected chi connectivity index (χ4v) is 3.64. The van der Waals surface area contributed by atoms with Gasteiger partial charge in [-0.25, -0.2) is 0 Å². The molecular weight excluding hydrogens is 246 g/mol. The Hall–Kier alpha value is -1.15. The molecule has 110 valence electrons. The largest absolute Gasteiger partial charge is 0.299 e. The van der Waals surface area contributed by atoms with Crippen LogP contribution in [0.25, 0.3) is 0 Å². The molecule has 2 rings (SSSR count). The van der Waals surface area contributed by atoms with E-state index in [9.17, 15) is 4.79 Å². The highest BCUT2D eigenvalue weighted by molar-refractivity contribution is 6.00. The van der Waals surface area contributed by atoms with Crippen LogP contribution in [0.3, 0.4) is 0 Å². The third kappa shape index (κ3) is 3.69. The number of nitrogens with zero attached hydrogens (tertiary/aromatic N) is 1. The minimum atomic E-state index is 0.264. The fraction of sp³-hybridized carbons (Fsp3) is 0.611. The van der Waals surface area contributed by atoms with Crippen molar-refractivity contribution in [1.82, 2.24) is 4.90 Å². The fourth-order valence-electron chi connectivity index (χ4n) is 3.64. The minimum Gasteiger partial charge on any atom is -0.299 e. The Morgan fingerprint density at radius 3 is 2.25 bits per heavy atom. The summed E-state index contributed by atoms with van der Waals surface area (Å²) in [5.74, 6) is 1.06. The number of likely N-dealkylation sites (N-methyl/N-ethyl adjacent to an activating group) is 1. The van der Waals surface area contributed by atoms with E-state index in [1.54, 1.807) is 0 Å². The van der Waals surface area contributed by atoms with Gasteiger partial charge in [-0.3, -0.25) is 9.69 Å². The molecule has 0 amide bonds. The molecule has 20 heavy (non-hydrogen) atoms. The first-order valence-corrected chi connectivity index (χ1v) is 7.77. The van der Waals surface area contributed by atoms with E-state index in [2.05, 4.69) is 31.0 Å². The number of rotatable bonds is 5. The van der Waals surface area contributed by atoms with Gasteiger partial charge in [0, 0.05) is 12.1 Å². The summed E-state index contributed by atoms with van der Waals surface area (Å²) in [5.41, 5.74) is 4.38. The van der Waals surface area contributed by atoms with E-state index in [4.69, 9.17) is 0 Å². The van der Waals surface area contributed by atoms with Crippen LogP contribution in [-0.4, -0.2) is 30.8 Å². The van der Waals surface area contributed by atoms with E-state index in [0.29, 0.717) is 6.54 Å². The third-order valence-corrected chi connectivity index (χ3v) is 4.41. The minimum absolute atomic E-state index is 0.264. The van der Waals surface area contributed by atoms with Crippen molar-refractivity contribution >= 4 is 5.78 Å². The van der Waals surface area contributed by atoms with E-state index < -0.39 is 0 Å². The number of benzene rings is 1. The van der Waals surface area contributed by atoms with Crippen molar-refractivity contribution in [3.8, 4) is 0 Å². The van der Waals surface area contributed by atoms with Gasteiger partial charge in [0.05, 0.1) is 6.54 Å². The molecule has 0 radical (unpaired) electrons. The first-order valence-electron chi connectivity index (χ1n) is 7.77. The second-order valence-corrected chi connectivity index (χ2v) is 6.54. The molecule has 0 unspecified atom stereocenters. The monoisotopic (exact) mass is 273 g/mol. The van der Waals surface area contributed by atoms with Crippen molar-refractivity contribution < 1.29 is 4.79 Å². The molecule has 0 aromatic heterocycles. The smallest absolute Gasteiger partial charge is 0.177 e. The summed E-state index contributed by atoms with van der Waals surface area (Å²) >= 11 is 0. The van der Waals surface area contributed by atoms with Crippen LogP contribution >= 0.6 is 0 Å². The van der Waals surface area contributed by atoms with Crippen molar-refractivity contribution in [3.05, 3.63) is 34.4 Å². The Morgan fingerprint density at radius 1 is 1.15 bits per heavy atom. The summed E-state index contributed by atoms with van der Waals surface area (Å²) in [6.07, 6.45) is 5.40. The van der Waals surface area contributed by atoms with Crippen molar-refractivity contribution in [2.45, 2.75) is 46.5 Å². The van der Waals surface area contributed by atoms with Crippen molar-refractivity contribution in [2.75, 3.05) is 20.1 Å². The Labute approximate surface area is 123 Å². The normalized spacial score (nSPS) is 16.1. The van der Waals surface area contributed by atoms with Gasteiger partial charge in [0.15, 0.2) is 5.78 Å². The zero-order chi connectivity index (χ0) is 14.7. The molecule has 0 heterocycles. The Kier molecular flexibility index (Phi) is 4.98. The number of ketones is 1. The van der Waals surface area contributed by atoms with E-state index in [1.807, 2.05) is 13.8 Å². The molecule has 0 spiro atoms. The Balaban J connectivity index is 2.00. The van der Waals surface area contributed by atoms with E-state index >= 15 is 0 Å². The van der Waals surface area contributed by atoms with Gasteiger partial charge in [-0.05, 0) is 57.7 Å². The molecule has 1 aromatic rings. The highest BCUT2D eigenvalue weighted by atomic mass is 16.1. The van der Waals surface area contributed by atoms with Crippen LogP contribution < -0.4 is 0 Å². The van der Waals surface area contributed by atoms with Gasteiger partial charge in [0.25, 0.3) is 0 Å². The molecule has 0 N–H and O–H groups in total. The van der Waals surface area contributed by atoms with Crippen LogP contribution in [0, 0.1) is 26.7 Å². The van der Waals surface area contributed by atoms with Crippen LogP contribution in [0.15, 0.2) is 12.1 Å². The lowest BCUT2D eigenvalue weighted by Gasteiger charge is -2.21. The van der Waals surface area contributed by atoms with Crippen LogP contribution in [0.5, 0.6) is 0 Å². The summed E-state index contributed by atoms with van der Waals surface area (Å²) in [6.45, 7) is 7.78. The van der Waals surface area contributed by atoms with E-state index in [1.165, 1.54) is 31.2 Å². The zero-order valence-corrected chi connectivity index (χ0v) is 13.3. The SMILES string of the molecule is Cc1cc(C)c(C(=O)CN(C)CC2CCCC2)c(C)c1. The molecule has 1 saturated carbocycles. The summed E-state index contributed by atoms with van der Waals surface area (Å²) in [7, 11) is 2.08. The molecule has 2 nitrogen and oxygen atoms in total. The molecule has 0 bridgehead atoms. The summed E-state index contributed by atoms with van der Waals surface area (Å²) < 4.78 is 0. The summed E-state index contributed by atoms with van der Waals surface area (Å²) in [6, 6.07) is 4.22. The van der Waals surface area contributed by atoms with E-state index in [0.717, 1.165) is 29.2 Å². The standard InChI is InChI=1S/C18H27NO/c1-13-9-14(2)18(15(3)10-13)17(20)12-19(4)11-16-7-5-6-8-16/h9-10,16H,5-8,11-12H2,1-4H3. The van der Waals surface area contributed by atoms with Gasteiger partial charge in [-0.2, -0.15) is 0 Å². The highest BCUT2D eigenvalue weighted by Gasteiger charge is 2.19. The molecule has 2 heteroatoms. The quantitative estimate of drug-likeness (QED) is 0.758. The lowest BCUT2D eigenvalue weighted by molar-refractivity contribution is 0.0937. The highest BCUT2D eigenvalue weighted by Crippen LogP contribution is 2.25. The number of carbonyl (C=O) groups excluding carboxylic acids is 1. The zero-order valence-electron chi connectivity index (χ0n) is 13.3. The maximum Gasteiger partial charge on any atom is 0.177 e. The van der Waals surface area contributed by atoms with Crippen LogP contribution in [-0.2, 0) is 0 Å². The van der Waals surface area contributed by atoms with Crippen molar-refractivity contribution in [2.24, 2.45) is 5.92 Å². The van der Waals surface area contributed by atoms with Gasteiger partial charge in [-0.1, -0.05) is 30.5 Å². The van der Waals surface area contributed by atoms with Crippen LogP contribution in [0.4, 0.5) is 0 Å². The van der Waals surface area contributed by atoms with Crippen molar-refractivity contribution in [1.29, 1.82) is 0 Å². The van der Waals surface area contributed by atoms with Crippen LogP contribution in [0.1, 0.15) is 52.7 Å². The number of carbonyl (C=O) groups is 1. The molecule has 1 aliphatic rings. The first-order chi connectivity index (χ1) is 9.47. The number of hydrogen-bond acceptors (Lipinski definition) is 2. The average Bonchev–Trinajstić information content (AvgIpc) is 2.79.